The predicted octanol–water partition coefficient (Wildman–Crippen LogP) is 5.59. The van der Waals surface area contributed by atoms with Gasteiger partial charge in [0.15, 0.2) is 0 Å². The Hall–Kier alpha value is -3.08. The molecule has 144 valence electrons. The van der Waals surface area contributed by atoms with Crippen LogP contribution in [-0.4, -0.2) is 20.8 Å². The molecule has 4 rings (SSSR count). The van der Waals surface area contributed by atoms with E-state index in [1.807, 2.05) is 44.2 Å². The summed E-state index contributed by atoms with van der Waals surface area (Å²) < 4.78 is 11.5. The molecule has 0 spiro atoms. The van der Waals surface area contributed by atoms with Crippen molar-refractivity contribution in [2.45, 2.75) is 45.6 Å². The van der Waals surface area contributed by atoms with Crippen molar-refractivity contribution in [3.63, 3.8) is 0 Å². The highest BCUT2D eigenvalue weighted by Gasteiger charge is 2.23. The van der Waals surface area contributed by atoms with Crippen LogP contribution in [0.4, 0.5) is 0 Å². The van der Waals surface area contributed by atoms with Gasteiger partial charge in [0.05, 0.1) is 0 Å². The van der Waals surface area contributed by atoms with Crippen molar-refractivity contribution in [3.8, 4) is 34.3 Å². The van der Waals surface area contributed by atoms with Crippen LogP contribution < -0.4 is 4.74 Å². The van der Waals surface area contributed by atoms with Crippen LogP contribution >= 0.6 is 0 Å². The number of fused-ring (bicyclic) bond motifs is 1. The van der Waals surface area contributed by atoms with Gasteiger partial charge in [-0.25, -0.2) is 0 Å². The Labute approximate surface area is 164 Å². The van der Waals surface area contributed by atoms with Crippen molar-refractivity contribution in [1.29, 1.82) is 0 Å². The third kappa shape index (κ3) is 3.40. The zero-order chi connectivity index (χ0) is 20.1. The molecular weight excluding hydrogens is 352 g/mol. The minimum absolute atomic E-state index is 0.193. The molecule has 3 aromatic rings. The number of aromatic nitrogens is 2. The smallest absolute Gasteiger partial charge is 0.258 e. The fourth-order valence-electron chi connectivity index (χ4n) is 3.25. The van der Waals surface area contributed by atoms with Gasteiger partial charge in [-0.15, -0.1) is 0 Å². The number of ether oxygens (including phenoxy) is 1. The van der Waals surface area contributed by atoms with Crippen LogP contribution in [0.5, 0.6) is 11.5 Å². The molecular formula is C23H24N2O3. The first-order chi connectivity index (χ1) is 13.1. The fourth-order valence-corrected chi connectivity index (χ4v) is 3.25. The summed E-state index contributed by atoms with van der Waals surface area (Å²) >= 11 is 0. The Kier molecular flexibility index (Phi) is 4.07. The van der Waals surface area contributed by atoms with E-state index in [0.29, 0.717) is 11.7 Å². The maximum Gasteiger partial charge on any atom is 0.258 e. The Bertz CT molecular complexity index is 1070. The summed E-state index contributed by atoms with van der Waals surface area (Å²) in [6.45, 7) is 10.2. The van der Waals surface area contributed by atoms with Gasteiger partial charge in [0, 0.05) is 22.3 Å². The van der Waals surface area contributed by atoms with Gasteiger partial charge in [-0.1, -0.05) is 32.0 Å². The normalized spacial score (nSPS) is 15.2. The van der Waals surface area contributed by atoms with Crippen molar-refractivity contribution in [2.75, 3.05) is 0 Å². The topological polar surface area (TPSA) is 68.4 Å². The molecule has 5 nitrogen and oxygen atoms in total. The van der Waals surface area contributed by atoms with Crippen molar-refractivity contribution in [3.05, 3.63) is 53.6 Å². The van der Waals surface area contributed by atoms with Crippen LogP contribution in [0.2, 0.25) is 0 Å². The first kappa shape index (κ1) is 18.3. The fraction of sp³-hybridized carbons (Fsp3) is 0.304. The predicted molar refractivity (Wildman–Crippen MR) is 109 cm³/mol. The standard InChI is InChI=1S/C23H24N2O3/c1-22(2,3)17-13-16(6-8-18(17)26)21-24-20(25-28-21)15-7-9-19-14(12-15)10-11-23(4,5)27-19/h6-13,26H,1-5H3. The molecule has 2 aromatic carbocycles. The molecule has 0 atom stereocenters. The van der Waals surface area contributed by atoms with Gasteiger partial charge in [0.2, 0.25) is 5.82 Å². The summed E-state index contributed by atoms with van der Waals surface area (Å²) in [4.78, 5) is 4.56. The molecule has 0 saturated carbocycles. The number of rotatable bonds is 2. The molecule has 0 amide bonds. The summed E-state index contributed by atoms with van der Waals surface area (Å²) in [7, 11) is 0. The number of hydrogen-bond acceptors (Lipinski definition) is 5. The highest BCUT2D eigenvalue weighted by Crippen LogP contribution is 2.36. The number of benzene rings is 2. The monoisotopic (exact) mass is 376 g/mol. The third-order valence-electron chi connectivity index (χ3n) is 4.78. The number of aromatic hydroxyl groups is 1. The summed E-state index contributed by atoms with van der Waals surface area (Å²) in [5.74, 6) is 2.04. The molecule has 0 fully saturated rings. The number of phenolic OH excluding ortho intramolecular Hbond substituents is 1. The number of hydrogen-bond donors (Lipinski definition) is 1. The molecule has 1 aliphatic rings. The Morgan fingerprint density at radius 1 is 1.00 bits per heavy atom. The lowest BCUT2D eigenvalue weighted by molar-refractivity contribution is 0.159. The molecule has 0 unspecified atom stereocenters. The minimum atomic E-state index is -0.308. The van der Waals surface area contributed by atoms with E-state index >= 15 is 0 Å². The van der Waals surface area contributed by atoms with E-state index < -0.39 is 0 Å². The molecule has 1 aromatic heterocycles. The van der Waals surface area contributed by atoms with E-state index in [4.69, 9.17) is 9.26 Å². The maximum atomic E-state index is 10.2. The first-order valence-electron chi connectivity index (χ1n) is 9.33. The second-order valence-electron chi connectivity index (χ2n) is 8.70. The van der Waals surface area contributed by atoms with E-state index in [1.165, 1.54) is 0 Å². The van der Waals surface area contributed by atoms with Gasteiger partial charge in [0.1, 0.15) is 17.1 Å². The molecule has 5 heteroatoms. The lowest BCUT2D eigenvalue weighted by atomic mass is 9.85. The first-order valence-corrected chi connectivity index (χ1v) is 9.33. The molecule has 28 heavy (non-hydrogen) atoms. The van der Waals surface area contributed by atoms with E-state index in [-0.39, 0.29) is 16.8 Å². The van der Waals surface area contributed by atoms with Crippen LogP contribution in [0.3, 0.4) is 0 Å². The minimum Gasteiger partial charge on any atom is -0.508 e. The van der Waals surface area contributed by atoms with Gasteiger partial charge < -0.3 is 14.4 Å². The van der Waals surface area contributed by atoms with E-state index in [9.17, 15) is 5.11 Å². The van der Waals surface area contributed by atoms with Crippen LogP contribution in [-0.2, 0) is 5.41 Å². The molecule has 0 saturated heterocycles. The maximum absolute atomic E-state index is 10.2. The van der Waals surface area contributed by atoms with Crippen molar-refractivity contribution >= 4 is 6.08 Å². The molecule has 1 N–H and O–H groups in total. The summed E-state index contributed by atoms with van der Waals surface area (Å²) in [6, 6.07) is 11.2. The molecule has 2 heterocycles. The number of phenols is 1. The highest BCUT2D eigenvalue weighted by molar-refractivity contribution is 5.69. The Balaban J connectivity index is 1.68. The van der Waals surface area contributed by atoms with Crippen LogP contribution in [0.15, 0.2) is 47.0 Å². The van der Waals surface area contributed by atoms with Crippen molar-refractivity contribution in [1.82, 2.24) is 10.1 Å². The average molecular weight is 376 g/mol. The number of nitrogens with zero attached hydrogens (tertiary/aromatic N) is 2. The van der Waals surface area contributed by atoms with Gasteiger partial charge in [-0.05, 0) is 61.7 Å². The SMILES string of the molecule is CC1(C)C=Cc2cc(-c3noc(-c4ccc(O)c(C(C)(C)C)c4)n3)ccc2O1. The van der Waals surface area contributed by atoms with Gasteiger partial charge in [0.25, 0.3) is 5.89 Å². The molecule has 0 radical (unpaired) electrons. The van der Waals surface area contributed by atoms with E-state index in [2.05, 4.69) is 37.0 Å². The Morgan fingerprint density at radius 2 is 1.75 bits per heavy atom. The average Bonchev–Trinajstić information content (AvgIpc) is 3.10. The summed E-state index contributed by atoms with van der Waals surface area (Å²) in [5.41, 5.74) is 2.96. The van der Waals surface area contributed by atoms with Crippen molar-refractivity contribution < 1.29 is 14.4 Å². The third-order valence-corrected chi connectivity index (χ3v) is 4.78. The van der Waals surface area contributed by atoms with E-state index in [0.717, 1.165) is 28.0 Å². The van der Waals surface area contributed by atoms with E-state index in [1.54, 1.807) is 12.1 Å². The zero-order valence-corrected chi connectivity index (χ0v) is 16.8. The highest BCUT2D eigenvalue weighted by atomic mass is 16.5. The summed E-state index contributed by atoms with van der Waals surface area (Å²) in [5, 5.41) is 14.3. The quantitative estimate of drug-likeness (QED) is 0.631. The van der Waals surface area contributed by atoms with Crippen LogP contribution in [0.25, 0.3) is 28.9 Å². The second kappa shape index (κ2) is 6.23. The second-order valence-corrected chi connectivity index (χ2v) is 8.70. The zero-order valence-electron chi connectivity index (χ0n) is 16.8. The van der Waals surface area contributed by atoms with Crippen molar-refractivity contribution in [2.24, 2.45) is 0 Å². The molecule has 0 aliphatic carbocycles. The summed E-state index contributed by atoms with van der Waals surface area (Å²) in [6.07, 6.45) is 4.09. The van der Waals surface area contributed by atoms with Gasteiger partial charge in [-0.3, -0.25) is 0 Å². The van der Waals surface area contributed by atoms with Gasteiger partial charge >= 0.3 is 0 Å². The van der Waals surface area contributed by atoms with Crippen LogP contribution in [0, 0.1) is 0 Å². The lowest BCUT2D eigenvalue weighted by Gasteiger charge is -2.27. The lowest BCUT2D eigenvalue weighted by Crippen LogP contribution is -2.27. The Morgan fingerprint density at radius 3 is 2.50 bits per heavy atom. The molecule has 1 aliphatic heterocycles. The molecule has 0 bridgehead atoms. The van der Waals surface area contributed by atoms with Gasteiger partial charge in [-0.2, -0.15) is 4.98 Å². The van der Waals surface area contributed by atoms with Crippen LogP contribution in [0.1, 0.15) is 45.7 Å². The largest absolute Gasteiger partial charge is 0.508 e.